The summed E-state index contributed by atoms with van der Waals surface area (Å²) in [4.78, 5) is 26.6. The number of anilines is 1. The molecule has 8 heteroatoms. The summed E-state index contributed by atoms with van der Waals surface area (Å²) in [5.74, 6) is -0.537. The van der Waals surface area contributed by atoms with Crippen LogP contribution in [0.3, 0.4) is 0 Å². The van der Waals surface area contributed by atoms with Crippen molar-refractivity contribution in [3.8, 4) is 11.1 Å². The highest BCUT2D eigenvalue weighted by atomic mass is 16.6. The Morgan fingerprint density at radius 2 is 1.53 bits per heavy atom. The van der Waals surface area contributed by atoms with Crippen LogP contribution < -0.4 is 10.4 Å². The van der Waals surface area contributed by atoms with Gasteiger partial charge in [-0.2, -0.15) is 0 Å². The molecule has 0 saturated carbocycles. The molecule has 0 atom stereocenters. The molecule has 3 aromatic rings. The van der Waals surface area contributed by atoms with Gasteiger partial charge in [0.2, 0.25) is 0 Å². The van der Waals surface area contributed by atoms with E-state index in [1.807, 2.05) is 36.4 Å². The monoisotopic (exact) mass is 487 g/mol. The van der Waals surface area contributed by atoms with Gasteiger partial charge >= 0.3 is 19.2 Å². The molecule has 0 spiro atoms. The topological polar surface area (TPSA) is 96.3 Å². The van der Waals surface area contributed by atoms with E-state index in [4.69, 9.17) is 9.47 Å². The second kappa shape index (κ2) is 10.2. The van der Waals surface area contributed by atoms with Crippen molar-refractivity contribution < 1.29 is 29.1 Å². The van der Waals surface area contributed by atoms with Crippen LogP contribution in [-0.4, -0.2) is 48.5 Å². The summed E-state index contributed by atoms with van der Waals surface area (Å²) in [6.07, 6.45) is -0.673. The molecule has 2 N–H and O–H groups in total. The number of amides is 1. The number of hydrogen-bond donors (Lipinski definition) is 2. The summed E-state index contributed by atoms with van der Waals surface area (Å²) in [6.45, 7) is 5.48. The molecule has 186 valence electrons. The summed E-state index contributed by atoms with van der Waals surface area (Å²) in [5, 5.41) is 19.5. The number of benzene rings is 3. The smallest absolute Gasteiger partial charge is 0.460 e. The third kappa shape index (κ3) is 5.61. The fourth-order valence-electron chi connectivity index (χ4n) is 4.49. The van der Waals surface area contributed by atoms with Crippen LogP contribution in [-0.2, 0) is 20.7 Å². The van der Waals surface area contributed by atoms with Gasteiger partial charge in [-0.05, 0) is 66.2 Å². The van der Waals surface area contributed by atoms with Gasteiger partial charge in [0.1, 0.15) is 12.2 Å². The number of carbonyl (C=O) groups excluding carboxylic acids is 2. The first-order chi connectivity index (χ1) is 17.0. The first kappa shape index (κ1) is 25.5. The van der Waals surface area contributed by atoms with Crippen LogP contribution in [0.2, 0.25) is 0 Å². The van der Waals surface area contributed by atoms with Crippen molar-refractivity contribution in [1.29, 1.82) is 0 Å². The van der Waals surface area contributed by atoms with Crippen molar-refractivity contribution in [2.24, 2.45) is 0 Å². The minimum atomic E-state index is -1.77. The van der Waals surface area contributed by atoms with Gasteiger partial charge in [0.05, 0.1) is 6.42 Å². The SMILES string of the molecule is CN(C(=O)OCC1c2ccccc2-c2ccccc21)c1cc(CC(=O)OC(C)(C)C)cc(B(O)O)c1. The van der Waals surface area contributed by atoms with E-state index >= 15 is 0 Å². The van der Waals surface area contributed by atoms with Crippen molar-refractivity contribution in [3.63, 3.8) is 0 Å². The molecule has 7 nitrogen and oxygen atoms in total. The quantitative estimate of drug-likeness (QED) is 0.407. The number of ether oxygens (including phenoxy) is 2. The van der Waals surface area contributed by atoms with Crippen molar-refractivity contribution in [2.75, 3.05) is 18.6 Å². The van der Waals surface area contributed by atoms with Gasteiger partial charge in [0.25, 0.3) is 0 Å². The van der Waals surface area contributed by atoms with Gasteiger partial charge in [0.15, 0.2) is 0 Å². The van der Waals surface area contributed by atoms with Gasteiger partial charge in [-0.15, -0.1) is 0 Å². The van der Waals surface area contributed by atoms with Crippen molar-refractivity contribution in [1.82, 2.24) is 0 Å². The van der Waals surface area contributed by atoms with Crippen LogP contribution in [0.1, 0.15) is 43.4 Å². The number of hydrogen-bond acceptors (Lipinski definition) is 6. The first-order valence-electron chi connectivity index (χ1n) is 11.8. The first-order valence-corrected chi connectivity index (χ1v) is 11.8. The van der Waals surface area contributed by atoms with Gasteiger partial charge in [-0.3, -0.25) is 9.69 Å². The Bertz CT molecular complexity index is 1240. The highest BCUT2D eigenvalue weighted by Gasteiger charge is 2.30. The maximum absolute atomic E-state index is 13.0. The number of rotatable bonds is 6. The molecule has 36 heavy (non-hydrogen) atoms. The van der Waals surface area contributed by atoms with E-state index in [1.54, 1.807) is 33.9 Å². The molecule has 0 saturated heterocycles. The Balaban J connectivity index is 1.51. The van der Waals surface area contributed by atoms with Gasteiger partial charge in [-0.25, -0.2) is 4.79 Å². The molecule has 0 heterocycles. The highest BCUT2D eigenvalue weighted by molar-refractivity contribution is 6.58. The van der Waals surface area contributed by atoms with Gasteiger partial charge in [0, 0.05) is 18.7 Å². The van der Waals surface area contributed by atoms with Crippen LogP contribution in [0.15, 0.2) is 66.7 Å². The van der Waals surface area contributed by atoms with Crippen LogP contribution in [0.25, 0.3) is 11.1 Å². The molecule has 1 aliphatic rings. The largest absolute Gasteiger partial charge is 0.488 e. The molecule has 1 aliphatic carbocycles. The van der Waals surface area contributed by atoms with E-state index in [9.17, 15) is 19.6 Å². The van der Waals surface area contributed by atoms with Crippen molar-refractivity contribution in [2.45, 2.75) is 38.7 Å². The lowest BCUT2D eigenvalue weighted by Gasteiger charge is -2.22. The van der Waals surface area contributed by atoms with Crippen LogP contribution in [0, 0.1) is 0 Å². The predicted octanol–water partition coefficient (Wildman–Crippen LogP) is 3.64. The molecule has 0 aromatic heterocycles. The Morgan fingerprint density at radius 3 is 2.08 bits per heavy atom. The lowest BCUT2D eigenvalue weighted by Crippen LogP contribution is -2.34. The lowest BCUT2D eigenvalue weighted by atomic mass is 9.79. The zero-order valence-electron chi connectivity index (χ0n) is 20.9. The Hall–Kier alpha value is -3.62. The van der Waals surface area contributed by atoms with E-state index in [0.29, 0.717) is 11.3 Å². The third-order valence-corrected chi connectivity index (χ3v) is 6.06. The summed E-state index contributed by atoms with van der Waals surface area (Å²) < 4.78 is 11.1. The zero-order chi connectivity index (χ0) is 26.0. The van der Waals surface area contributed by atoms with E-state index in [-0.39, 0.29) is 24.4 Å². The summed E-state index contributed by atoms with van der Waals surface area (Å²) >= 11 is 0. The highest BCUT2D eigenvalue weighted by Crippen LogP contribution is 2.44. The average Bonchev–Trinajstić information content (AvgIpc) is 3.14. The van der Waals surface area contributed by atoms with Gasteiger partial charge in [-0.1, -0.05) is 54.6 Å². The fourth-order valence-corrected chi connectivity index (χ4v) is 4.49. The Kier molecular flexibility index (Phi) is 7.20. The molecular weight excluding hydrogens is 457 g/mol. The lowest BCUT2D eigenvalue weighted by molar-refractivity contribution is -0.153. The maximum Gasteiger partial charge on any atom is 0.488 e. The molecule has 0 unspecified atom stereocenters. The maximum atomic E-state index is 13.0. The van der Waals surface area contributed by atoms with Gasteiger partial charge < -0.3 is 19.5 Å². The average molecular weight is 487 g/mol. The molecule has 0 radical (unpaired) electrons. The van der Waals surface area contributed by atoms with E-state index < -0.39 is 24.8 Å². The molecule has 4 rings (SSSR count). The molecule has 3 aromatic carbocycles. The summed E-state index contributed by atoms with van der Waals surface area (Å²) in [5.41, 5.74) is 4.87. The minimum Gasteiger partial charge on any atom is -0.460 e. The molecule has 1 amide bonds. The molecular formula is C28H30BNO6. The summed E-state index contributed by atoms with van der Waals surface area (Å²) in [6, 6.07) is 20.8. The minimum absolute atomic E-state index is 0.0800. The fraction of sp³-hybridized carbons (Fsp3) is 0.286. The van der Waals surface area contributed by atoms with Crippen LogP contribution in [0.4, 0.5) is 10.5 Å². The molecule has 0 fully saturated rings. The zero-order valence-corrected chi connectivity index (χ0v) is 20.9. The summed E-state index contributed by atoms with van der Waals surface area (Å²) in [7, 11) is -0.225. The molecule has 0 bridgehead atoms. The standard InChI is InChI=1S/C28H30BNO6/c1-28(2,3)36-26(31)15-18-13-19(29(33)34)16-20(14-18)30(4)27(32)35-17-25-23-11-7-5-9-21(23)22-10-6-8-12-24(22)25/h5-14,16,25,33-34H,15,17H2,1-4H3. The number of fused-ring (bicyclic) bond motifs is 3. The Labute approximate surface area is 211 Å². The van der Waals surface area contributed by atoms with E-state index in [1.165, 1.54) is 17.0 Å². The Morgan fingerprint density at radius 1 is 0.944 bits per heavy atom. The number of esters is 1. The number of carbonyl (C=O) groups is 2. The second-order valence-electron chi connectivity index (χ2n) is 9.93. The molecule has 0 aliphatic heterocycles. The number of nitrogens with zero attached hydrogens (tertiary/aromatic N) is 1. The normalized spacial score (nSPS) is 12.5. The van der Waals surface area contributed by atoms with Crippen molar-refractivity contribution >= 4 is 30.3 Å². The van der Waals surface area contributed by atoms with Crippen LogP contribution in [0.5, 0.6) is 0 Å². The van der Waals surface area contributed by atoms with Crippen molar-refractivity contribution in [3.05, 3.63) is 83.4 Å². The van der Waals surface area contributed by atoms with E-state index in [2.05, 4.69) is 12.1 Å². The van der Waals surface area contributed by atoms with Crippen LogP contribution >= 0.6 is 0 Å². The third-order valence-electron chi connectivity index (χ3n) is 6.06. The van der Waals surface area contributed by atoms with E-state index in [0.717, 1.165) is 22.3 Å². The predicted molar refractivity (Wildman–Crippen MR) is 139 cm³/mol. The second-order valence-corrected chi connectivity index (χ2v) is 9.93.